The molecule has 0 aliphatic rings. The average molecular weight is 340 g/mol. The molecule has 2 heterocycles. The highest BCUT2D eigenvalue weighted by Gasteiger charge is 2.09. The van der Waals surface area contributed by atoms with E-state index in [1.807, 2.05) is 42.6 Å². The summed E-state index contributed by atoms with van der Waals surface area (Å²) in [6.07, 6.45) is 1.82. The van der Waals surface area contributed by atoms with E-state index in [0.29, 0.717) is 0 Å². The SMILES string of the molecule is COc1ccc(CNc2cc(-c3ccccn3)sc2C)cc1OC. The van der Waals surface area contributed by atoms with E-state index in [2.05, 4.69) is 23.3 Å². The van der Waals surface area contributed by atoms with E-state index in [1.165, 1.54) is 9.75 Å². The Hall–Kier alpha value is -2.53. The minimum absolute atomic E-state index is 0.722. The van der Waals surface area contributed by atoms with Crippen molar-refractivity contribution in [3.8, 4) is 22.1 Å². The monoisotopic (exact) mass is 340 g/mol. The van der Waals surface area contributed by atoms with E-state index in [4.69, 9.17) is 9.47 Å². The molecule has 0 spiro atoms. The molecule has 0 radical (unpaired) electrons. The van der Waals surface area contributed by atoms with Crippen molar-refractivity contribution in [1.29, 1.82) is 0 Å². The van der Waals surface area contributed by atoms with Crippen LogP contribution in [0.5, 0.6) is 11.5 Å². The Bertz CT molecular complexity index is 815. The summed E-state index contributed by atoms with van der Waals surface area (Å²) in [5.74, 6) is 1.48. The van der Waals surface area contributed by atoms with Gasteiger partial charge >= 0.3 is 0 Å². The number of hydrogen-bond donors (Lipinski definition) is 1. The quantitative estimate of drug-likeness (QED) is 0.703. The van der Waals surface area contributed by atoms with Gasteiger partial charge in [-0.2, -0.15) is 0 Å². The molecule has 1 N–H and O–H groups in total. The molecule has 3 aromatic rings. The Morgan fingerprint density at radius 3 is 2.58 bits per heavy atom. The molecule has 5 heteroatoms. The number of benzene rings is 1. The highest BCUT2D eigenvalue weighted by atomic mass is 32.1. The summed E-state index contributed by atoms with van der Waals surface area (Å²) in [6, 6.07) is 14.1. The molecule has 3 rings (SSSR count). The van der Waals surface area contributed by atoms with Crippen LogP contribution in [0, 0.1) is 6.92 Å². The van der Waals surface area contributed by atoms with Crippen LogP contribution < -0.4 is 14.8 Å². The molecule has 0 bridgehead atoms. The molecular weight excluding hydrogens is 320 g/mol. The smallest absolute Gasteiger partial charge is 0.161 e. The zero-order valence-corrected chi connectivity index (χ0v) is 14.8. The number of rotatable bonds is 6. The van der Waals surface area contributed by atoms with Crippen LogP contribution in [0.1, 0.15) is 10.4 Å². The van der Waals surface area contributed by atoms with Crippen molar-refractivity contribution in [2.45, 2.75) is 13.5 Å². The molecule has 4 nitrogen and oxygen atoms in total. The van der Waals surface area contributed by atoms with Gasteiger partial charge in [0, 0.05) is 23.3 Å². The molecule has 0 unspecified atom stereocenters. The maximum absolute atomic E-state index is 5.36. The van der Waals surface area contributed by atoms with E-state index >= 15 is 0 Å². The topological polar surface area (TPSA) is 43.4 Å². The van der Waals surface area contributed by atoms with Crippen LogP contribution in [0.4, 0.5) is 5.69 Å². The second-order valence-electron chi connectivity index (χ2n) is 5.34. The Labute approximate surface area is 146 Å². The van der Waals surface area contributed by atoms with Crippen molar-refractivity contribution >= 4 is 17.0 Å². The van der Waals surface area contributed by atoms with E-state index < -0.39 is 0 Å². The first kappa shape index (κ1) is 16.3. The predicted octanol–water partition coefficient (Wildman–Crippen LogP) is 4.75. The van der Waals surface area contributed by atoms with Crippen molar-refractivity contribution in [2.24, 2.45) is 0 Å². The second-order valence-corrected chi connectivity index (χ2v) is 6.59. The minimum Gasteiger partial charge on any atom is -0.493 e. The fourth-order valence-electron chi connectivity index (χ4n) is 2.48. The highest BCUT2D eigenvalue weighted by Crippen LogP contribution is 2.34. The van der Waals surface area contributed by atoms with Crippen molar-refractivity contribution in [3.63, 3.8) is 0 Å². The van der Waals surface area contributed by atoms with Crippen LogP contribution in [0.3, 0.4) is 0 Å². The lowest BCUT2D eigenvalue weighted by atomic mass is 10.2. The molecule has 2 aromatic heterocycles. The van der Waals surface area contributed by atoms with Gasteiger partial charge in [-0.15, -0.1) is 11.3 Å². The van der Waals surface area contributed by atoms with E-state index in [-0.39, 0.29) is 0 Å². The number of ether oxygens (including phenoxy) is 2. The third kappa shape index (κ3) is 3.51. The van der Waals surface area contributed by atoms with Crippen molar-refractivity contribution in [2.75, 3.05) is 19.5 Å². The Morgan fingerprint density at radius 1 is 1.04 bits per heavy atom. The number of nitrogens with one attached hydrogen (secondary N) is 1. The molecule has 24 heavy (non-hydrogen) atoms. The number of hydrogen-bond acceptors (Lipinski definition) is 5. The molecule has 0 atom stereocenters. The minimum atomic E-state index is 0.722. The fourth-order valence-corrected chi connectivity index (χ4v) is 3.45. The maximum atomic E-state index is 5.36. The Balaban J connectivity index is 1.74. The lowest BCUT2D eigenvalue weighted by molar-refractivity contribution is 0.354. The van der Waals surface area contributed by atoms with Gasteiger partial charge in [0.2, 0.25) is 0 Å². The number of methoxy groups -OCH3 is 2. The van der Waals surface area contributed by atoms with Gasteiger partial charge in [-0.05, 0) is 42.8 Å². The van der Waals surface area contributed by atoms with Gasteiger partial charge in [-0.3, -0.25) is 4.98 Å². The zero-order valence-electron chi connectivity index (χ0n) is 14.0. The van der Waals surface area contributed by atoms with Gasteiger partial charge < -0.3 is 14.8 Å². The van der Waals surface area contributed by atoms with E-state index in [1.54, 1.807) is 25.6 Å². The summed E-state index contributed by atoms with van der Waals surface area (Å²) in [7, 11) is 3.29. The van der Waals surface area contributed by atoms with Gasteiger partial charge in [0.15, 0.2) is 11.5 Å². The highest BCUT2D eigenvalue weighted by molar-refractivity contribution is 7.16. The van der Waals surface area contributed by atoms with Gasteiger partial charge in [-0.1, -0.05) is 12.1 Å². The average Bonchev–Trinajstić information content (AvgIpc) is 3.01. The number of anilines is 1. The summed E-state index contributed by atoms with van der Waals surface area (Å²) < 4.78 is 10.6. The molecule has 0 saturated heterocycles. The molecule has 124 valence electrons. The summed E-state index contributed by atoms with van der Waals surface area (Å²) in [6.45, 7) is 2.84. The van der Waals surface area contributed by atoms with Crippen LogP contribution in [0.2, 0.25) is 0 Å². The standard InChI is InChI=1S/C19H20N2O2S/c1-13-16(11-19(24-13)15-6-4-5-9-20-15)21-12-14-7-8-17(22-2)18(10-14)23-3/h4-11,21H,12H2,1-3H3. The van der Waals surface area contributed by atoms with Crippen molar-refractivity contribution in [1.82, 2.24) is 4.98 Å². The van der Waals surface area contributed by atoms with Crippen LogP contribution in [0.25, 0.3) is 10.6 Å². The number of aryl methyl sites for hydroxylation is 1. The number of thiophene rings is 1. The van der Waals surface area contributed by atoms with Gasteiger partial charge in [0.1, 0.15) is 0 Å². The molecular formula is C19H20N2O2S. The molecule has 1 aromatic carbocycles. The predicted molar refractivity (Wildman–Crippen MR) is 99.2 cm³/mol. The van der Waals surface area contributed by atoms with Crippen molar-refractivity contribution < 1.29 is 9.47 Å². The fraction of sp³-hybridized carbons (Fsp3) is 0.211. The van der Waals surface area contributed by atoms with Crippen LogP contribution in [-0.2, 0) is 6.54 Å². The lowest BCUT2D eigenvalue weighted by Crippen LogP contribution is -2.00. The first-order valence-corrected chi connectivity index (χ1v) is 8.49. The summed E-state index contributed by atoms with van der Waals surface area (Å²) in [5.41, 5.74) is 3.28. The zero-order chi connectivity index (χ0) is 16.9. The van der Waals surface area contributed by atoms with Crippen LogP contribution in [-0.4, -0.2) is 19.2 Å². The molecule has 0 aliphatic carbocycles. The molecule has 0 saturated carbocycles. The van der Waals surface area contributed by atoms with Gasteiger partial charge in [0.25, 0.3) is 0 Å². The van der Waals surface area contributed by atoms with Crippen LogP contribution in [0.15, 0.2) is 48.7 Å². The Kier molecular flexibility index (Phi) is 5.01. The Morgan fingerprint density at radius 2 is 1.88 bits per heavy atom. The van der Waals surface area contributed by atoms with Crippen molar-refractivity contribution in [3.05, 3.63) is 59.1 Å². The summed E-state index contributed by atoms with van der Waals surface area (Å²) in [5, 5.41) is 3.49. The first-order chi connectivity index (χ1) is 11.7. The second kappa shape index (κ2) is 7.36. The van der Waals surface area contributed by atoms with Crippen LogP contribution >= 0.6 is 11.3 Å². The number of pyridine rings is 1. The third-order valence-corrected chi connectivity index (χ3v) is 4.84. The number of aromatic nitrogens is 1. The van der Waals surface area contributed by atoms with Gasteiger partial charge in [0.05, 0.1) is 24.8 Å². The third-order valence-electron chi connectivity index (χ3n) is 3.77. The normalized spacial score (nSPS) is 10.5. The van der Waals surface area contributed by atoms with E-state index in [9.17, 15) is 0 Å². The maximum Gasteiger partial charge on any atom is 0.161 e. The van der Waals surface area contributed by atoms with Gasteiger partial charge in [-0.25, -0.2) is 0 Å². The number of nitrogens with zero attached hydrogens (tertiary/aromatic N) is 1. The molecule has 0 fully saturated rings. The van der Waals surface area contributed by atoms with E-state index in [0.717, 1.165) is 35.0 Å². The summed E-state index contributed by atoms with van der Waals surface area (Å²) in [4.78, 5) is 6.83. The first-order valence-electron chi connectivity index (χ1n) is 7.68. The molecule has 0 amide bonds. The lowest BCUT2D eigenvalue weighted by Gasteiger charge is -2.10. The molecule has 0 aliphatic heterocycles. The summed E-state index contributed by atoms with van der Waals surface area (Å²) >= 11 is 1.75. The largest absolute Gasteiger partial charge is 0.493 e.